The molecule has 6 heteroatoms. The molecule has 1 aromatic rings. The van der Waals surface area contributed by atoms with E-state index in [0.717, 1.165) is 30.9 Å². The quantitative estimate of drug-likeness (QED) is 0.761. The first-order chi connectivity index (χ1) is 13.1. The van der Waals surface area contributed by atoms with E-state index in [9.17, 15) is 4.79 Å². The number of nitrogens with zero attached hydrogens (tertiary/aromatic N) is 2. The average molecular weight is 372 g/mol. The van der Waals surface area contributed by atoms with E-state index < -0.39 is 0 Å². The molecule has 3 aliphatic rings. The Morgan fingerprint density at radius 1 is 1.19 bits per heavy atom. The summed E-state index contributed by atoms with van der Waals surface area (Å²) >= 11 is 0. The number of amides is 2. The summed E-state index contributed by atoms with van der Waals surface area (Å²) < 4.78 is 0. The van der Waals surface area contributed by atoms with Gasteiger partial charge in [-0.2, -0.15) is 0 Å². The lowest BCUT2D eigenvalue weighted by atomic mass is 9.82. The number of hydrazine groups is 1. The molecule has 2 heterocycles. The van der Waals surface area contributed by atoms with Gasteiger partial charge >= 0.3 is 6.03 Å². The van der Waals surface area contributed by atoms with E-state index in [1.165, 1.54) is 44.2 Å². The van der Waals surface area contributed by atoms with E-state index in [4.69, 9.17) is 0 Å². The van der Waals surface area contributed by atoms with Gasteiger partial charge in [0.15, 0.2) is 0 Å². The van der Waals surface area contributed by atoms with Gasteiger partial charge in [-0.15, -0.1) is 0 Å². The van der Waals surface area contributed by atoms with Crippen molar-refractivity contribution in [1.82, 2.24) is 15.8 Å². The van der Waals surface area contributed by atoms with Crippen LogP contribution in [0.4, 0.5) is 16.2 Å². The molecule has 2 aliphatic heterocycles. The lowest BCUT2D eigenvalue weighted by molar-refractivity contribution is 0.209. The molecule has 1 aliphatic carbocycles. The molecule has 3 N–H and O–H groups in total. The van der Waals surface area contributed by atoms with Gasteiger partial charge in [0.2, 0.25) is 0 Å². The Hall–Kier alpha value is -1.79. The summed E-state index contributed by atoms with van der Waals surface area (Å²) in [7, 11) is 1.90. The van der Waals surface area contributed by atoms with Crippen molar-refractivity contribution < 1.29 is 4.79 Å². The van der Waals surface area contributed by atoms with Gasteiger partial charge in [-0.3, -0.25) is 10.9 Å². The van der Waals surface area contributed by atoms with Crippen molar-refractivity contribution in [2.45, 2.75) is 57.5 Å². The number of anilines is 2. The number of urea groups is 1. The Morgan fingerprint density at radius 3 is 2.78 bits per heavy atom. The zero-order chi connectivity index (χ0) is 18.8. The van der Waals surface area contributed by atoms with Gasteiger partial charge < -0.3 is 15.1 Å². The molecule has 2 amide bonds. The minimum atomic E-state index is -0.0299. The fourth-order valence-electron chi connectivity index (χ4n) is 4.97. The minimum absolute atomic E-state index is 0.0299. The second-order valence-corrected chi connectivity index (χ2v) is 8.40. The predicted molar refractivity (Wildman–Crippen MR) is 110 cm³/mol. The van der Waals surface area contributed by atoms with Crippen LogP contribution in [-0.2, 0) is 0 Å². The van der Waals surface area contributed by atoms with Crippen molar-refractivity contribution in [3.63, 3.8) is 0 Å². The van der Waals surface area contributed by atoms with E-state index in [2.05, 4.69) is 34.1 Å². The van der Waals surface area contributed by atoms with Crippen LogP contribution in [0.1, 0.15) is 44.1 Å². The third-order valence-electron chi connectivity index (χ3n) is 6.60. The maximum Gasteiger partial charge on any atom is 0.321 e. The van der Waals surface area contributed by atoms with E-state index in [0.29, 0.717) is 18.0 Å². The number of fused-ring (bicyclic) bond motifs is 1. The number of hydrogen-bond donors (Lipinski definition) is 3. The zero-order valence-corrected chi connectivity index (χ0v) is 16.6. The Bertz CT molecular complexity index is 673. The molecular weight excluding hydrogens is 338 g/mol. The Labute approximate surface area is 162 Å². The van der Waals surface area contributed by atoms with Crippen molar-refractivity contribution in [2.24, 2.45) is 5.92 Å². The van der Waals surface area contributed by atoms with E-state index in [1.54, 1.807) is 0 Å². The third kappa shape index (κ3) is 3.92. The highest BCUT2D eigenvalue weighted by Crippen LogP contribution is 2.31. The normalized spacial score (nSPS) is 27.5. The van der Waals surface area contributed by atoms with Crippen molar-refractivity contribution in [2.75, 3.05) is 36.9 Å². The van der Waals surface area contributed by atoms with Crippen LogP contribution in [0.5, 0.6) is 0 Å². The van der Waals surface area contributed by atoms with Crippen LogP contribution >= 0.6 is 0 Å². The van der Waals surface area contributed by atoms with Crippen LogP contribution in [0, 0.1) is 12.8 Å². The van der Waals surface area contributed by atoms with Gasteiger partial charge in [-0.1, -0.05) is 18.9 Å². The van der Waals surface area contributed by atoms with Gasteiger partial charge in [0.1, 0.15) is 0 Å². The van der Waals surface area contributed by atoms with Crippen LogP contribution in [0.25, 0.3) is 0 Å². The maximum absolute atomic E-state index is 12.8. The van der Waals surface area contributed by atoms with Gasteiger partial charge in [-0.05, 0) is 56.2 Å². The maximum atomic E-state index is 12.8. The van der Waals surface area contributed by atoms with Gasteiger partial charge in [0.05, 0.1) is 0 Å². The molecule has 0 radical (unpaired) electrons. The number of hydrogen-bond acceptors (Lipinski definition) is 4. The average Bonchev–Trinajstić information content (AvgIpc) is 3.34. The smallest absolute Gasteiger partial charge is 0.321 e. The number of carbonyl (C=O) groups excluding carboxylic acids is 1. The van der Waals surface area contributed by atoms with Crippen molar-refractivity contribution in [3.05, 3.63) is 23.8 Å². The molecule has 1 saturated carbocycles. The third-order valence-corrected chi connectivity index (χ3v) is 6.60. The highest BCUT2D eigenvalue weighted by Gasteiger charge is 2.38. The second kappa shape index (κ2) is 8.07. The summed E-state index contributed by atoms with van der Waals surface area (Å²) in [5.41, 5.74) is 10.2. The summed E-state index contributed by atoms with van der Waals surface area (Å²) in [5.74, 6) is 0.634. The molecule has 0 bridgehead atoms. The fraction of sp³-hybridized carbons (Fsp3) is 0.667. The summed E-state index contributed by atoms with van der Waals surface area (Å²) in [6.45, 7) is 5.06. The number of carbonyl (C=O) groups is 1. The van der Waals surface area contributed by atoms with Gasteiger partial charge in [0.25, 0.3) is 0 Å². The molecule has 27 heavy (non-hydrogen) atoms. The van der Waals surface area contributed by atoms with E-state index in [-0.39, 0.29) is 6.03 Å². The molecule has 6 nitrogen and oxygen atoms in total. The van der Waals surface area contributed by atoms with E-state index in [1.807, 2.05) is 24.1 Å². The monoisotopic (exact) mass is 371 g/mol. The fourth-order valence-corrected chi connectivity index (χ4v) is 4.97. The van der Waals surface area contributed by atoms with Gasteiger partial charge in [-0.25, -0.2) is 4.79 Å². The van der Waals surface area contributed by atoms with Crippen LogP contribution in [-0.4, -0.2) is 49.7 Å². The van der Waals surface area contributed by atoms with Crippen LogP contribution in [0.2, 0.25) is 0 Å². The topological polar surface area (TPSA) is 59.6 Å². The highest BCUT2D eigenvalue weighted by atomic mass is 16.2. The number of benzene rings is 1. The zero-order valence-electron chi connectivity index (χ0n) is 16.6. The summed E-state index contributed by atoms with van der Waals surface area (Å²) in [6, 6.07) is 7.09. The summed E-state index contributed by atoms with van der Waals surface area (Å²) in [5, 5.41) is 3.13. The molecule has 3 atom stereocenters. The minimum Gasteiger partial charge on any atom is -0.371 e. The Kier molecular flexibility index (Phi) is 5.55. The number of likely N-dealkylation sites (N-methyl/N-ethyl adjacent to an activating group) is 1. The molecule has 2 saturated heterocycles. The first-order valence-electron chi connectivity index (χ1n) is 10.5. The van der Waals surface area contributed by atoms with E-state index >= 15 is 0 Å². The molecule has 1 aromatic carbocycles. The molecule has 3 unspecified atom stereocenters. The van der Waals surface area contributed by atoms with Crippen molar-refractivity contribution >= 4 is 17.4 Å². The van der Waals surface area contributed by atoms with Crippen LogP contribution in [0.3, 0.4) is 0 Å². The SMILES string of the molecule is Cc1c(NC(=O)N(C)CC2NNC3CCCCC32)cccc1N1CCCC1. The predicted octanol–water partition coefficient (Wildman–Crippen LogP) is 3.09. The molecule has 3 fully saturated rings. The lowest BCUT2D eigenvalue weighted by Gasteiger charge is -2.30. The summed E-state index contributed by atoms with van der Waals surface area (Å²) in [6.07, 6.45) is 7.62. The largest absolute Gasteiger partial charge is 0.371 e. The standard InChI is InChI=1S/C21H33N5O/c1-15-17(10-7-11-20(15)26-12-5-6-13-26)22-21(27)25(2)14-19-16-8-3-4-9-18(16)23-24-19/h7,10-11,16,18-19,23-24H,3-6,8-9,12-14H2,1-2H3,(H,22,27). The first kappa shape index (κ1) is 18.6. The molecular formula is C21H33N5O. The Morgan fingerprint density at radius 2 is 1.96 bits per heavy atom. The van der Waals surface area contributed by atoms with Gasteiger partial charge in [0, 0.05) is 50.1 Å². The number of nitrogens with one attached hydrogen (secondary N) is 3. The second-order valence-electron chi connectivity index (χ2n) is 8.40. The molecule has 0 aromatic heterocycles. The van der Waals surface area contributed by atoms with Crippen molar-refractivity contribution in [1.29, 1.82) is 0 Å². The summed E-state index contributed by atoms with van der Waals surface area (Å²) in [4.78, 5) is 17.0. The number of rotatable bonds is 4. The highest BCUT2D eigenvalue weighted by molar-refractivity contribution is 5.91. The Balaban J connectivity index is 1.38. The molecule has 0 spiro atoms. The lowest BCUT2D eigenvalue weighted by Crippen LogP contribution is -2.44. The molecule has 148 valence electrons. The van der Waals surface area contributed by atoms with Crippen LogP contribution < -0.4 is 21.1 Å². The van der Waals surface area contributed by atoms with Crippen molar-refractivity contribution in [3.8, 4) is 0 Å². The van der Waals surface area contributed by atoms with Crippen LogP contribution in [0.15, 0.2) is 18.2 Å². The molecule has 4 rings (SSSR count). The first-order valence-corrected chi connectivity index (χ1v) is 10.5.